The van der Waals surface area contributed by atoms with Crippen LogP contribution in [0.15, 0.2) is 0 Å². The van der Waals surface area contributed by atoms with Crippen LogP contribution in [0.3, 0.4) is 0 Å². The van der Waals surface area contributed by atoms with Crippen LogP contribution < -0.4 is 5.73 Å². The average molecular weight is 243 g/mol. The molecule has 0 radical (unpaired) electrons. The van der Waals surface area contributed by atoms with Gasteiger partial charge in [-0.1, -0.05) is 12.8 Å². The Morgan fingerprint density at radius 2 is 1.44 bits per heavy atom. The molecule has 0 aromatic carbocycles. The first-order chi connectivity index (χ1) is 7.09. The largest absolute Gasteiger partial charge is 0.490 e. The maximum atomic E-state index is 10.6. The Hall–Kier alpha value is -1.31. The molecular formula is C8H12F3NO4. The molecule has 16 heavy (non-hydrogen) atoms. The molecular weight excluding hydrogens is 231 g/mol. The van der Waals surface area contributed by atoms with Gasteiger partial charge in [-0.3, -0.25) is 4.79 Å². The van der Waals surface area contributed by atoms with Crippen LogP contribution in [0.1, 0.15) is 25.7 Å². The zero-order valence-corrected chi connectivity index (χ0v) is 8.25. The lowest BCUT2D eigenvalue weighted by atomic mass is 10.0. The van der Waals surface area contributed by atoms with E-state index in [1.54, 1.807) is 0 Å². The second-order valence-corrected chi connectivity index (χ2v) is 3.47. The SMILES string of the molecule is NC1(C(=O)O)CCCC1.O=C(O)C(F)(F)F. The second kappa shape index (κ2) is 5.15. The first kappa shape index (κ1) is 14.7. The van der Waals surface area contributed by atoms with E-state index < -0.39 is 23.7 Å². The number of hydrogen-bond acceptors (Lipinski definition) is 3. The molecule has 0 spiro atoms. The Morgan fingerprint density at radius 3 is 1.56 bits per heavy atom. The highest BCUT2D eigenvalue weighted by Gasteiger charge is 2.38. The van der Waals surface area contributed by atoms with E-state index in [4.69, 9.17) is 20.7 Å². The summed E-state index contributed by atoms with van der Waals surface area (Å²) >= 11 is 0. The van der Waals surface area contributed by atoms with Crippen LogP contribution in [0.4, 0.5) is 13.2 Å². The van der Waals surface area contributed by atoms with Gasteiger partial charge in [0.25, 0.3) is 0 Å². The van der Waals surface area contributed by atoms with Gasteiger partial charge < -0.3 is 15.9 Å². The van der Waals surface area contributed by atoms with Crippen LogP contribution >= 0.6 is 0 Å². The smallest absolute Gasteiger partial charge is 0.480 e. The number of hydrogen-bond donors (Lipinski definition) is 3. The van der Waals surface area contributed by atoms with Crippen LogP contribution in [0.25, 0.3) is 0 Å². The minimum absolute atomic E-state index is 0.641. The molecule has 0 unspecified atom stereocenters. The minimum Gasteiger partial charge on any atom is -0.480 e. The quantitative estimate of drug-likeness (QED) is 0.637. The van der Waals surface area contributed by atoms with E-state index in [1.807, 2.05) is 0 Å². The maximum absolute atomic E-state index is 10.6. The summed E-state index contributed by atoms with van der Waals surface area (Å²) in [5.41, 5.74) is 4.61. The van der Waals surface area contributed by atoms with E-state index in [2.05, 4.69) is 0 Å². The summed E-state index contributed by atoms with van der Waals surface area (Å²) in [7, 11) is 0. The third-order valence-corrected chi connectivity index (χ3v) is 2.16. The van der Waals surface area contributed by atoms with Gasteiger partial charge in [-0.25, -0.2) is 4.79 Å². The third-order valence-electron chi connectivity index (χ3n) is 2.16. The van der Waals surface area contributed by atoms with Gasteiger partial charge >= 0.3 is 18.1 Å². The number of alkyl halides is 3. The van der Waals surface area contributed by atoms with E-state index >= 15 is 0 Å². The lowest BCUT2D eigenvalue weighted by Gasteiger charge is -2.15. The Bertz CT molecular complexity index is 271. The van der Waals surface area contributed by atoms with Crippen molar-refractivity contribution in [2.75, 3.05) is 0 Å². The molecule has 0 bridgehead atoms. The number of rotatable bonds is 1. The normalized spacial score (nSPS) is 18.5. The van der Waals surface area contributed by atoms with Crippen molar-refractivity contribution in [3.8, 4) is 0 Å². The summed E-state index contributed by atoms with van der Waals surface area (Å²) in [5.74, 6) is -3.60. The van der Waals surface area contributed by atoms with Crippen LogP contribution in [-0.4, -0.2) is 33.9 Å². The highest BCUT2D eigenvalue weighted by molar-refractivity contribution is 5.78. The molecule has 0 amide bonds. The number of carbonyl (C=O) groups is 2. The first-order valence-electron chi connectivity index (χ1n) is 4.42. The van der Waals surface area contributed by atoms with E-state index in [0.717, 1.165) is 12.8 Å². The topological polar surface area (TPSA) is 101 Å². The molecule has 8 heteroatoms. The zero-order valence-electron chi connectivity index (χ0n) is 8.25. The summed E-state index contributed by atoms with van der Waals surface area (Å²) in [6, 6.07) is 0. The Balaban J connectivity index is 0.000000293. The fraction of sp³-hybridized carbons (Fsp3) is 0.750. The van der Waals surface area contributed by atoms with Crippen molar-refractivity contribution in [3.05, 3.63) is 0 Å². The molecule has 1 fully saturated rings. The van der Waals surface area contributed by atoms with Crippen LogP contribution in [0.5, 0.6) is 0 Å². The van der Waals surface area contributed by atoms with Gasteiger partial charge in [-0.05, 0) is 12.8 Å². The van der Waals surface area contributed by atoms with Gasteiger partial charge in [-0.15, -0.1) is 0 Å². The highest BCUT2D eigenvalue weighted by atomic mass is 19.4. The lowest BCUT2D eigenvalue weighted by Crippen LogP contribution is -2.44. The van der Waals surface area contributed by atoms with Crippen molar-refractivity contribution in [3.63, 3.8) is 0 Å². The number of carboxylic acid groups (broad SMARTS) is 2. The van der Waals surface area contributed by atoms with Crippen LogP contribution in [0, 0.1) is 0 Å². The molecule has 5 nitrogen and oxygen atoms in total. The molecule has 0 heterocycles. The molecule has 0 aliphatic heterocycles. The van der Waals surface area contributed by atoms with Crippen molar-refractivity contribution in [1.82, 2.24) is 0 Å². The van der Waals surface area contributed by atoms with E-state index in [0.29, 0.717) is 12.8 Å². The van der Waals surface area contributed by atoms with Crippen molar-refractivity contribution in [1.29, 1.82) is 0 Å². The Morgan fingerprint density at radius 1 is 1.12 bits per heavy atom. The predicted molar refractivity (Wildman–Crippen MR) is 46.7 cm³/mol. The third kappa shape index (κ3) is 4.47. The van der Waals surface area contributed by atoms with Gasteiger partial charge in [0.2, 0.25) is 0 Å². The Kier molecular flexibility index (Phi) is 4.73. The molecule has 1 aliphatic carbocycles. The molecule has 1 saturated carbocycles. The average Bonchev–Trinajstić information content (AvgIpc) is 2.52. The molecule has 1 aliphatic rings. The Labute approximate surface area is 89.0 Å². The summed E-state index contributed by atoms with van der Waals surface area (Å²) in [6.07, 6.45) is -1.88. The molecule has 94 valence electrons. The monoisotopic (exact) mass is 243 g/mol. The van der Waals surface area contributed by atoms with Crippen molar-refractivity contribution in [2.24, 2.45) is 5.73 Å². The number of aliphatic carboxylic acids is 2. The molecule has 0 aromatic rings. The van der Waals surface area contributed by atoms with Crippen molar-refractivity contribution >= 4 is 11.9 Å². The molecule has 4 N–H and O–H groups in total. The fourth-order valence-corrected chi connectivity index (χ4v) is 1.22. The van der Waals surface area contributed by atoms with Crippen LogP contribution in [-0.2, 0) is 9.59 Å². The van der Waals surface area contributed by atoms with Crippen molar-refractivity contribution in [2.45, 2.75) is 37.4 Å². The highest BCUT2D eigenvalue weighted by Crippen LogP contribution is 2.26. The van der Waals surface area contributed by atoms with Gasteiger partial charge in [0.05, 0.1) is 0 Å². The van der Waals surface area contributed by atoms with E-state index in [-0.39, 0.29) is 0 Å². The maximum Gasteiger partial charge on any atom is 0.490 e. The van der Waals surface area contributed by atoms with Gasteiger partial charge in [0.15, 0.2) is 0 Å². The number of halogens is 3. The fourth-order valence-electron chi connectivity index (χ4n) is 1.22. The summed E-state index contributed by atoms with van der Waals surface area (Å²) in [6.45, 7) is 0. The molecule has 0 saturated heterocycles. The summed E-state index contributed by atoms with van der Waals surface area (Å²) < 4.78 is 31.7. The van der Waals surface area contributed by atoms with Crippen molar-refractivity contribution < 1.29 is 33.0 Å². The molecule has 1 rings (SSSR count). The first-order valence-corrected chi connectivity index (χ1v) is 4.42. The lowest BCUT2D eigenvalue weighted by molar-refractivity contribution is -0.192. The number of carboxylic acids is 2. The van der Waals surface area contributed by atoms with E-state index in [1.165, 1.54) is 0 Å². The zero-order chi connectivity index (χ0) is 13.0. The van der Waals surface area contributed by atoms with Gasteiger partial charge in [0, 0.05) is 0 Å². The summed E-state index contributed by atoms with van der Waals surface area (Å²) in [4.78, 5) is 19.3. The van der Waals surface area contributed by atoms with Crippen LogP contribution in [0.2, 0.25) is 0 Å². The van der Waals surface area contributed by atoms with Gasteiger partial charge in [0.1, 0.15) is 5.54 Å². The number of nitrogens with two attached hydrogens (primary N) is 1. The molecule has 0 atom stereocenters. The van der Waals surface area contributed by atoms with Gasteiger partial charge in [-0.2, -0.15) is 13.2 Å². The van der Waals surface area contributed by atoms with E-state index in [9.17, 15) is 18.0 Å². The summed E-state index contributed by atoms with van der Waals surface area (Å²) in [5, 5.41) is 15.7. The predicted octanol–water partition coefficient (Wildman–Crippen LogP) is 0.976. The second-order valence-electron chi connectivity index (χ2n) is 3.47. The minimum atomic E-state index is -5.08. The molecule has 0 aromatic heterocycles. The standard InChI is InChI=1S/C6H11NO2.C2HF3O2/c7-6(5(8)9)3-1-2-4-6;3-2(4,5)1(6)7/h1-4,7H2,(H,8,9);(H,6,7).